The minimum atomic E-state index is -3.92. The lowest BCUT2D eigenvalue weighted by atomic mass is 10.2. The van der Waals surface area contributed by atoms with Gasteiger partial charge in [-0.25, -0.2) is 13.8 Å². The van der Waals surface area contributed by atoms with Crippen LogP contribution in [0.25, 0.3) is 0 Å². The number of nitrogens with one attached hydrogen (secondary N) is 2. The molecule has 0 spiro atoms. The number of rotatable bonds is 9. The molecular formula is C27H21Cl2N3O4S. The largest absolute Gasteiger partial charge is 0.489 e. The van der Waals surface area contributed by atoms with Crippen LogP contribution >= 0.6 is 23.2 Å². The van der Waals surface area contributed by atoms with E-state index in [4.69, 9.17) is 27.9 Å². The van der Waals surface area contributed by atoms with Crippen molar-refractivity contribution in [2.75, 3.05) is 4.72 Å². The first-order valence-electron chi connectivity index (χ1n) is 11.0. The number of carbonyl (C=O) groups is 1. The fraction of sp³-hybridized carbons (Fsp3) is 0.0370. The molecule has 188 valence electrons. The lowest BCUT2D eigenvalue weighted by molar-refractivity contribution is 0.0956. The van der Waals surface area contributed by atoms with E-state index >= 15 is 0 Å². The number of carbonyl (C=O) groups excluding carboxylic acids is 1. The van der Waals surface area contributed by atoms with Crippen LogP contribution in [0.5, 0.6) is 5.75 Å². The van der Waals surface area contributed by atoms with Crippen molar-refractivity contribution in [3.8, 4) is 5.75 Å². The summed E-state index contributed by atoms with van der Waals surface area (Å²) in [5.74, 6) is 0.103. The molecule has 37 heavy (non-hydrogen) atoms. The van der Waals surface area contributed by atoms with Crippen molar-refractivity contribution in [3.63, 3.8) is 0 Å². The van der Waals surface area contributed by atoms with Crippen LogP contribution in [0.2, 0.25) is 10.0 Å². The SMILES string of the molecule is O=C(N/N=C\c1ccc(OCc2ccc(Cl)cc2)cc1)c1ccccc1NS(=O)(=O)c1ccc(Cl)cc1. The number of hydrazone groups is 1. The van der Waals surface area contributed by atoms with Gasteiger partial charge in [0.15, 0.2) is 0 Å². The van der Waals surface area contributed by atoms with Crippen LogP contribution in [0, 0.1) is 0 Å². The summed E-state index contributed by atoms with van der Waals surface area (Å²) >= 11 is 11.7. The van der Waals surface area contributed by atoms with Crippen molar-refractivity contribution in [2.24, 2.45) is 5.10 Å². The summed E-state index contributed by atoms with van der Waals surface area (Å²) in [5, 5.41) is 5.07. The molecule has 10 heteroatoms. The standard InChI is InChI=1S/C27H21Cl2N3O4S/c28-21-9-5-20(6-10-21)18-36-23-13-7-19(8-14-23)17-30-31-27(33)25-3-1-2-4-26(25)32-37(34,35)24-15-11-22(29)12-16-24/h1-17,32H,18H2,(H,31,33)/b30-17-. The third-order valence-corrected chi connectivity index (χ3v) is 7.00. The Labute approximate surface area is 224 Å². The molecule has 0 saturated carbocycles. The molecular weight excluding hydrogens is 533 g/mol. The van der Waals surface area contributed by atoms with Gasteiger partial charge in [0.25, 0.3) is 15.9 Å². The number of para-hydroxylation sites is 1. The average Bonchev–Trinajstić information content (AvgIpc) is 2.89. The van der Waals surface area contributed by atoms with Gasteiger partial charge in [-0.1, -0.05) is 47.5 Å². The molecule has 7 nitrogen and oxygen atoms in total. The number of sulfonamides is 1. The van der Waals surface area contributed by atoms with Crippen molar-refractivity contribution < 1.29 is 17.9 Å². The Morgan fingerprint density at radius 1 is 0.838 bits per heavy atom. The molecule has 0 aliphatic heterocycles. The number of nitrogens with zero attached hydrogens (tertiary/aromatic N) is 1. The Balaban J connectivity index is 1.36. The summed E-state index contributed by atoms with van der Waals surface area (Å²) in [6, 6.07) is 26.5. The van der Waals surface area contributed by atoms with Gasteiger partial charge >= 0.3 is 0 Å². The Morgan fingerprint density at radius 3 is 2.14 bits per heavy atom. The molecule has 4 aromatic rings. The minimum Gasteiger partial charge on any atom is -0.489 e. The molecule has 0 heterocycles. The lowest BCUT2D eigenvalue weighted by Crippen LogP contribution is -2.21. The second kappa shape index (κ2) is 11.9. The van der Waals surface area contributed by atoms with Crippen molar-refractivity contribution >= 4 is 51.0 Å². The number of ether oxygens (including phenoxy) is 1. The first-order chi connectivity index (χ1) is 17.8. The van der Waals surface area contributed by atoms with Crippen LogP contribution in [0.3, 0.4) is 0 Å². The zero-order valence-corrected chi connectivity index (χ0v) is 21.6. The smallest absolute Gasteiger partial charge is 0.273 e. The molecule has 0 bridgehead atoms. The molecule has 2 N–H and O–H groups in total. The van der Waals surface area contributed by atoms with Crippen molar-refractivity contribution in [2.45, 2.75) is 11.5 Å². The van der Waals surface area contributed by atoms with Crippen LogP contribution in [-0.2, 0) is 16.6 Å². The molecule has 0 aromatic heterocycles. The fourth-order valence-electron chi connectivity index (χ4n) is 3.21. The number of hydrogen-bond donors (Lipinski definition) is 2. The van der Waals surface area contributed by atoms with E-state index in [0.717, 1.165) is 11.1 Å². The molecule has 0 saturated heterocycles. The minimum absolute atomic E-state index is 0.0192. The fourth-order valence-corrected chi connectivity index (χ4v) is 4.54. The number of hydrogen-bond acceptors (Lipinski definition) is 5. The van der Waals surface area contributed by atoms with Gasteiger partial charge in [-0.3, -0.25) is 9.52 Å². The Morgan fingerprint density at radius 2 is 1.46 bits per heavy atom. The van der Waals surface area contributed by atoms with Gasteiger partial charge in [-0.2, -0.15) is 5.10 Å². The first kappa shape index (κ1) is 26.2. The monoisotopic (exact) mass is 553 g/mol. The average molecular weight is 554 g/mol. The number of amides is 1. The highest BCUT2D eigenvalue weighted by molar-refractivity contribution is 7.92. The molecule has 0 fully saturated rings. The zero-order valence-electron chi connectivity index (χ0n) is 19.3. The van der Waals surface area contributed by atoms with Gasteiger partial charge in [0.05, 0.1) is 22.4 Å². The second-order valence-electron chi connectivity index (χ2n) is 7.79. The quantitative estimate of drug-likeness (QED) is 0.192. The van der Waals surface area contributed by atoms with E-state index in [1.165, 1.54) is 42.6 Å². The first-order valence-corrected chi connectivity index (χ1v) is 13.2. The van der Waals surface area contributed by atoms with E-state index in [1.807, 2.05) is 12.1 Å². The Hall–Kier alpha value is -3.85. The Bertz CT molecular complexity index is 1510. The van der Waals surface area contributed by atoms with Crippen LogP contribution in [-0.4, -0.2) is 20.5 Å². The lowest BCUT2D eigenvalue weighted by Gasteiger charge is -2.11. The van der Waals surface area contributed by atoms with E-state index in [9.17, 15) is 13.2 Å². The molecule has 0 atom stereocenters. The van der Waals surface area contributed by atoms with E-state index in [1.54, 1.807) is 48.5 Å². The second-order valence-corrected chi connectivity index (χ2v) is 10.3. The van der Waals surface area contributed by atoms with Gasteiger partial charge in [-0.15, -0.1) is 0 Å². The maximum absolute atomic E-state index is 12.7. The molecule has 0 aliphatic rings. The summed E-state index contributed by atoms with van der Waals surface area (Å²) in [4.78, 5) is 12.7. The van der Waals surface area contributed by atoms with Crippen LogP contribution < -0.4 is 14.9 Å². The summed E-state index contributed by atoms with van der Waals surface area (Å²) < 4.78 is 33.6. The van der Waals surface area contributed by atoms with Gasteiger partial charge in [0.1, 0.15) is 12.4 Å². The predicted octanol–water partition coefficient (Wildman–Crippen LogP) is 6.14. The van der Waals surface area contributed by atoms with Gasteiger partial charge < -0.3 is 4.74 Å². The third kappa shape index (κ3) is 7.33. The zero-order chi connectivity index (χ0) is 26.3. The normalized spacial score (nSPS) is 11.3. The van der Waals surface area contributed by atoms with Gasteiger partial charge in [0.2, 0.25) is 0 Å². The van der Waals surface area contributed by atoms with Crippen LogP contribution in [0.1, 0.15) is 21.5 Å². The summed E-state index contributed by atoms with van der Waals surface area (Å²) in [7, 11) is -3.92. The molecule has 0 unspecified atom stereocenters. The van der Waals surface area contributed by atoms with Crippen molar-refractivity contribution in [3.05, 3.63) is 124 Å². The van der Waals surface area contributed by atoms with Crippen LogP contribution in [0.4, 0.5) is 5.69 Å². The maximum Gasteiger partial charge on any atom is 0.273 e. The van der Waals surface area contributed by atoms with Crippen LogP contribution in [0.15, 0.2) is 107 Å². The van der Waals surface area contributed by atoms with Crippen molar-refractivity contribution in [1.29, 1.82) is 0 Å². The molecule has 4 rings (SSSR count). The highest BCUT2D eigenvalue weighted by Crippen LogP contribution is 2.21. The summed E-state index contributed by atoms with van der Waals surface area (Å²) in [6.07, 6.45) is 1.47. The van der Waals surface area contributed by atoms with E-state index < -0.39 is 15.9 Å². The number of halogens is 2. The maximum atomic E-state index is 12.7. The van der Waals surface area contributed by atoms with Gasteiger partial charge in [0, 0.05) is 10.0 Å². The molecule has 1 amide bonds. The highest BCUT2D eigenvalue weighted by atomic mass is 35.5. The molecule has 4 aromatic carbocycles. The topological polar surface area (TPSA) is 96.9 Å². The molecule has 0 radical (unpaired) electrons. The van der Waals surface area contributed by atoms with Crippen molar-refractivity contribution in [1.82, 2.24) is 5.43 Å². The molecule has 0 aliphatic carbocycles. The van der Waals surface area contributed by atoms with Gasteiger partial charge in [-0.05, 0) is 83.9 Å². The number of benzene rings is 4. The predicted molar refractivity (Wildman–Crippen MR) is 146 cm³/mol. The van der Waals surface area contributed by atoms with E-state index in [-0.39, 0.29) is 16.1 Å². The third-order valence-electron chi connectivity index (χ3n) is 5.12. The highest BCUT2D eigenvalue weighted by Gasteiger charge is 2.18. The van der Waals surface area contributed by atoms with E-state index in [2.05, 4.69) is 15.2 Å². The number of anilines is 1. The van der Waals surface area contributed by atoms with E-state index in [0.29, 0.717) is 22.4 Å². The Kier molecular flexibility index (Phi) is 8.45. The summed E-state index contributed by atoms with van der Waals surface area (Å²) in [5.41, 5.74) is 4.38. The summed E-state index contributed by atoms with van der Waals surface area (Å²) in [6.45, 7) is 0.405.